The van der Waals surface area contributed by atoms with Crippen LogP contribution < -0.4 is 15.5 Å². The Bertz CT molecular complexity index is 825. The van der Waals surface area contributed by atoms with Crippen LogP contribution in [0.4, 0.5) is 11.4 Å². The first-order valence-corrected chi connectivity index (χ1v) is 9.46. The van der Waals surface area contributed by atoms with Gasteiger partial charge < -0.3 is 15.5 Å². The van der Waals surface area contributed by atoms with E-state index in [1.165, 1.54) is 0 Å². The number of rotatable bonds is 8. The smallest absolute Gasteiger partial charge is 0.238 e. The Kier molecular flexibility index (Phi) is 8.11. The first-order valence-electron chi connectivity index (χ1n) is 8.71. The molecule has 28 heavy (non-hydrogen) atoms. The summed E-state index contributed by atoms with van der Waals surface area (Å²) < 4.78 is 0. The minimum absolute atomic E-state index is 0.0746. The number of benzene rings is 2. The molecule has 0 atom stereocenters. The summed E-state index contributed by atoms with van der Waals surface area (Å²) in [5.74, 6) is -0.394. The molecule has 8 heteroatoms. The van der Waals surface area contributed by atoms with Crippen LogP contribution in [0.25, 0.3) is 0 Å². The van der Waals surface area contributed by atoms with Crippen molar-refractivity contribution in [3.63, 3.8) is 0 Å². The average molecular weight is 423 g/mol. The summed E-state index contributed by atoms with van der Waals surface area (Å²) in [6.07, 6.45) is 0. The van der Waals surface area contributed by atoms with Gasteiger partial charge in [-0.1, -0.05) is 35.3 Å². The summed E-state index contributed by atoms with van der Waals surface area (Å²) in [7, 11) is 5.66. The van der Waals surface area contributed by atoms with E-state index in [4.69, 9.17) is 23.2 Å². The molecule has 2 rings (SSSR count). The van der Waals surface area contributed by atoms with Crippen molar-refractivity contribution in [1.29, 1.82) is 0 Å². The lowest BCUT2D eigenvalue weighted by Gasteiger charge is -2.16. The molecule has 0 unspecified atom stereocenters. The molecule has 2 N–H and O–H groups in total. The van der Waals surface area contributed by atoms with Gasteiger partial charge in [-0.25, -0.2) is 0 Å². The zero-order chi connectivity index (χ0) is 20.7. The maximum atomic E-state index is 12.1. The second-order valence-electron chi connectivity index (χ2n) is 6.69. The number of carbonyl (C=O) groups excluding carboxylic acids is 2. The van der Waals surface area contributed by atoms with Crippen LogP contribution in [-0.2, 0) is 16.1 Å². The van der Waals surface area contributed by atoms with Crippen molar-refractivity contribution in [1.82, 2.24) is 10.2 Å². The van der Waals surface area contributed by atoms with Gasteiger partial charge in [0.25, 0.3) is 0 Å². The van der Waals surface area contributed by atoms with Crippen LogP contribution in [-0.4, -0.2) is 50.9 Å². The normalized spacial score (nSPS) is 10.6. The third-order valence-electron chi connectivity index (χ3n) is 3.97. The number of carbonyl (C=O) groups is 2. The van der Waals surface area contributed by atoms with E-state index in [2.05, 4.69) is 10.6 Å². The summed E-state index contributed by atoms with van der Waals surface area (Å²) in [4.78, 5) is 27.9. The van der Waals surface area contributed by atoms with Gasteiger partial charge in [-0.05, 0) is 42.9 Å². The maximum Gasteiger partial charge on any atom is 0.238 e. The van der Waals surface area contributed by atoms with Crippen molar-refractivity contribution < 1.29 is 9.59 Å². The molecule has 0 heterocycles. The van der Waals surface area contributed by atoms with Crippen molar-refractivity contribution in [3.05, 3.63) is 58.1 Å². The lowest BCUT2D eigenvalue weighted by Crippen LogP contribution is -2.38. The van der Waals surface area contributed by atoms with Crippen LogP contribution in [0.1, 0.15) is 5.56 Å². The molecule has 0 fully saturated rings. The Labute approximate surface area is 175 Å². The molecule has 0 aliphatic carbocycles. The predicted molar refractivity (Wildman–Crippen MR) is 115 cm³/mol. The molecule has 0 saturated heterocycles. The summed E-state index contributed by atoms with van der Waals surface area (Å²) in [6.45, 7) is 0.631. The number of halogens is 2. The second-order valence-corrected chi connectivity index (χ2v) is 7.50. The van der Waals surface area contributed by atoms with Gasteiger partial charge in [0.05, 0.1) is 23.1 Å². The molecule has 0 aromatic heterocycles. The average Bonchev–Trinajstić information content (AvgIpc) is 2.63. The van der Waals surface area contributed by atoms with Crippen LogP contribution in [0.15, 0.2) is 42.5 Å². The van der Waals surface area contributed by atoms with Crippen molar-refractivity contribution >= 4 is 46.4 Å². The summed E-state index contributed by atoms with van der Waals surface area (Å²) in [5, 5.41) is 6.37. The fourth-order valence-corrected chi connectivity index (χ4v) is 2.79. The number of likely N-dealkylation sites (N-methyl/N-ethyl adjacent to an activating group) is 1. The van der Waals surface area contributed by atoms with Crippen LogP contribution in [0, 0.1) is 0 Å². The van der Waals surface area contributed by atoms with Crippen molar-refractivity contribution in [2.75, 3.05) is 44.4 Å². The van der Waals surface area contributed by atoms with E-state index in [9.17, 15) is 9.59 Å². The van der Waals surface area contributed by atoms with E-state index in [1.807, 2.05) is 43.3 Å². The first kappa shape index (κ1) is 22.0. The van der Waals surface area contributed by atoms with Crippen LogP contribution in [0.5, 0.6) is 0 Å². The van der Waals surface area contributed by atoms with Crippen LogP contribution in [0.2, 0.25) is 10.0 Å². The number of hydrogen-bond donors (Lipinski definition) is 2. The van der Waals surface area contributed by atoms with E-state index in [0.717, 1.165) is 11.3 Å². The van der Waals surface area contributed by atoms with Gasteiger partial charge in [-0.15, -0.1) is 0 Å². The number of hydrogen-bond acceptors (Lipinski definition) is 4. The molecule has 150 valence electrons. The number of nitrogens with one attached hydrogen (secondary N) is 2. The summed E-state index contributed by atoms with van der Waals surface area (Å²) in [5.41, 5.74) is 2.67. The lowest BCUT2D eigenvalue weighted by molar-refractivity contribution is -0.123. The standard InChI is InChI=1S/C20H24Cl2N4O2/c1-25(2)16-7-4-14(5-8-16)11-23-19(27)12-26(3)13-20(28)24-15-6-9-17(21)18(22)10-15/h4-10H,11-13H2,1-3H3,(H,23,27)(H,24,28). The van der Waals surface area contributed by atoms with Crippen LogP contribution in [0.3, 0.4) is 0 Å². The molecule has 0 aliphatic rings. The van der Waals surface area contributed by atoms with Gasteiger partial charge in [0, 0.05) is 32.0 Å². The summed E-state index contributed by atoms with van der Waals surface area (Å²) >= 11 is 11.8. The molecule has 0 bridgehead atoms. The molecular formula is C20H24Cl2N4O2. The minimum Gasteiger partial charge on any atom is -0.378 e. The maximum absolute atomic E-state index is 12.1. The molecule has 6 nitrogen and oxygen atoms in total. The Morgan fingerprint density at radius 1 is 0.893 bits per heavy atom. The molecule has 0 saturated carbocycles. The van der Waals surface area contributed by atoms with Gasteiger partial charge in [0.15, 0.2) is 0 Å². The zero-order valence-electron chi connectivity index (χ0n) is 16.1. The zero-order valence-corrected chi connectivity index (χ0v) is 17.6. The van der Waals surface area contributed by atoms with Crippen molar-refractivity contribution in [2.24, 2.45) is 0 Å². The van der Waals surface area contributed by atoms with E-state index < -0.39 is 0 Å². The number of amides is 2. The molecular weight excluding hydrogens is 399 g/mol. The minimum atomic E-state index is -0.243. The highest BCUT2D eigenvalue weighted by Crippen LogP contribution is 2.24. The van der Waals surface area contributed by atoms with Crippen molar-refractivity contribution in [3.8, 4) is 0 Å². The van der Waals surface area contributed by atoms with E-state index in [1.54, 1.807) is 30.1 Å². The van der Waals surface area contributed by atoms with Gasteiger partial charge in [0.2, 0.25) is 11.8 Å². The fraction of sp³-hybridized carbons (Fsp3) is 0.300. The highest BCUT2D eigenvalue weighted by atomic mass is 35.5. The molecule has 0 aliphatic heterocycles. The molecule has 2 aromatic rings. The quantitative estimate of drug-likeness (QED) is 0.685. The topological polar surface area (TPSA) is 64.7 Å². The third kappa shape index (κ3) is 7.03. The van der Waals surface area contributed by atoms with Gasteiger partial charge in [-0.3, -0.25) is 14.5 Å². The van der Waals surface area contributed by atoms with E-state index >= 15 is 0 Å². The van der Waals surface area contributed by atoms with Gasteiger partial charge >= 0.3 is 0 Å². The van der Waals surface area contributed by atoms with Crippen LogP contribution >= 0.6 is 23.2 Å². The molecule has 0 spiro atoms. The van der Waals surface area contributed by atoms with E-state index in [0.29, 0.717) is 22.3 Å². The number of anilines is 2. The Balaban J connectivity index is 1.75. The Morgan fingerprint density at radius 3 is 2.14 bits per heavy atom. The summed E-state index contributed by atoms with van der Waals surface area (Å²) in [6, 6.07) is 12.8. The molecule has 2 aromatic carbocycles. The third-order valence-corrected chi connectivity index (χ3v) is 4.71. The largest absolute Gasteiger partial charge is 0.378 e. The van der Waals surface area contributed by atoms with E-state index in [-0.39, 0.29) is 24.9 Å². The predicted octanol–water partition coefficient (Wildman–Crippen LogP) is 3.25. The fourth-order valence-electron chi connectivity index (χ4n) is 2.49. The second kappa shape index (κ2) is 10.3. The van der Waals surface area contributed by atoms with Gasteiger partial charge in [0.1, 0.15) is 0 Å². The molecule has 0 radical (unpaired) electrons. The first-order chi connectivity index (χ1) is 13.2. The lowest BCUT2D eigenvalue weighted by atomic mass is 10.2. The molecule has 2 amide bonds. The van der Waals surface area contributed by atoms with Gasteiger partial charge in [-0.2, -0.15) is 0 Å². The highest BCUT2D eigenvalue weighted by molar-refractivity contribution is 6.42. The number of nitrogens with zero attached hydrogens (tertiary/aromatic N) is 2. The Hall–Kier alpha value is -2.28. The highest BCUT2D eigenvalue weighted by Gasteiger charge is 2.11. The monoisotopic (exact) mass is 422 g/mol. The SMILES string of the molecule is CN(CC(=O)NCc1ccc(N(C)C)cc1)CC(=O)Nc1ccc(Cl)c(Cl)c1. The van der Waals surface area contributed by atoms with Crippen molar-refractivity contribution in [2.45, 2.75) is 6.54 Å². The Morgan fingerprint density at radius 2 is 1.54 bits per heavy atom.